The monoisotopic (exact) mass is 212 g/mol. The average Bonchev–Trinajstić information content (AvgIpc) is 2.60. The lowest BCUT2D eigenvalue weighted by Gasteiger charge is -1.95. The van der Waals surface area contributed by atoms with Crippen molar-refractivity contribution >= 4 is 28.5 Å². The summed E-state index contributed by atoms with van der Waals surface area (Å²) in [7, 11) is 0. The van der Waals surface area contributed by atoms with E-state index in [9.17, 15) is 4.79 Å². The van der Waals surface area contributed by atoms with Crippen molar-refractivity contribution in [3.63, 3.8) is 0 Å². The van der Waals surface area contributed by atoms with Crippen LogP contribution in [-0.4, -0.2) is 23.6 Å². The minimum absolute atomic E-state index is 0.0476. The summed E-state index contributed by atoms with van der Waals surface area (Å²) in [6.45, 7) is 2.41. The van der Waals surface area contributed by atoms with Crippen LogP contribution in [0.1, 0.15) is 19.0 Å². The van der Waals surface area contributed by atoms with E-state index in [1.54, 1.807) is 11.7 Å². The third-order valence-corrected chi connectivity index (χ3v) is 1.99. The summed E-state index contributed by atoms with van der Waals surface area (Å²) in [5.41, 5.74) is 5.86. The Bertz CT molecular complexity index is 335. The Labute approximate surface area is 85.6 Å². The molecular weight excluding hydrogens is 202 g/mol. The fraction of sp³-hybridized carbons (Fsp3) is 0.375. The third-order valence-electron chi connectivity index (χ3n) is 1.31. The molecular formula is C8H10N3O2S. The number of nitrogens with zero attached hydrogens (tertiary/aromatic N) is 2. The molecule has 1 aromatic rings. The van der Waals surface area contributed by atoms with Crippen molar-refractivity contribution < 1.29 is 9.63 Å². The van der Waals surface area contributed by atoms with Gasteiger partial charge in [-0.25, -0.2) is 4.98 Å². The molecule has 75 valence electrons. The summed E-state index contributed by atoms with van der Waals surface area (Å²) in [5, 5.41) is 5.62. The Morgan fingerprint density at radius 2 is 2.64 bits per heavy atom. The maximum Gasteiger partial charge on any atom is 0.259 e. The van der Waals surface area contributed by atoms with Crippen molar-refractivity contribution in [3.8, 4) is 0 Å². The predicted octanol–water partition coefficient (Wildman–Crippen LogP) is 0.966. The highest BCUT2D eigenvalue weighted by Gasteiger charge is 2.08. The molecule has 0 spiro atoms. The SMILES string of the molecule is CCCON=C([C]=O)c1csc(N)n1. The van der Waals surface area contributed by atoms with Crippen LogP contribution in [0.4, 0.5) is 5.13 Å². The van der Waals surface area contributed by atoms with Gasteiger partial charge in [0.25, 0.3) is 6.29 Å². The van der Waals surface area contributed by atoms with Gasteiger partial charge in [0.1, 0.15) is 12.3 Å². The van der Waals surface area contributed by atoms with E-state index >= 15 is 0 Å². The molecule has 0 bridgehead atoms. The normalized spacial score (nSPS) is 11.4. The summed E-state index contributed by atoms with van der Waals surface area (Å²) < 4.78 is 0. The Morgan fingerprint density at radius 3 is 3.14 bits per heavy atom. The Hall–Kier alpha value is -1.43. The zero-order valence-corrected chi connectivity index (χ0v) is 8.50. The second-order valence-electron chi connectivity index (χ2n) is 2.45. The standard InChI is InChI=1S/C8H10N3O2S/c1-2-3-13-11-6(4-12)7-5-14-8(9)10-7/h5H,2-3H2,1H3,(H2,9,10). The minimum Gasteiger partial charge on any atom is -0.395 e. The summed E-state index contributed by atoms with van der Waals surface area (Å²) in [6.07, 6.45) is 2.48. The molecule has 0 amide bonds. The van der Waals surface area contributed by atoms with Gasteiger partial charge >= 0.3 is 0 Å². The van der Waals surface area contributed by atoms with Crippen LogP contribution in [0.15, 0.2) is 10.5 Å². The molecule has 0 aromatic carbocycles. The van der Waals surface area contributed by atoms with Crippen molar-refractivity contribution in [3.05, 3.63) is 11.1 Å². The Balaban J connectivity index is 2.71. The van der Waals surface area contributed by atoms with Crippen molar-refractivity contribution in [2.45, 2.75) is 13.3 Å². The Morgan fingerprint density at radius 1 is 1.86 bits per heavy atom. The van der Waals surface area contributed by atoms with E-state index in [4.69, 9.17) is 10.6 Å². The number of nitrogen functional groups attached to an aromatic ring is 1. The molecule has 0 atom stereocenters. The van der Waals surface area contributed by atoms with Crippen LogP contribution in [0.3, 0.4) is 0 Å². The van der Waals surface area contributed by atoms with Gasteiger partial charge < -0.3 is 10.6 Å². The average molecular weight is 212 g/mol. The maximum absolute atomic E-state index is 10.5. The number of aromatic nitrogens is 1. The number of carbonyl (C=O) groups excluding carboxylic acids is 1. The maximum atomic E-state index is 10.5. The number of rotatable bonds is 5. The molecule has 0 unspecified atom stereocenters. The molecule has 1 rings (SSSR count). The highest BCUT2D eigenvalue weighted by atomic mass is 32.1. The second kappa shape index (κ2) is 5.33. The lowest BCUT2D eigenvalue weighted by Crippen LogP contribution is -2.04. The van der Waals surface area contributed by atoms with Gasteiger partial charge in [-0.2, -0.15) is 0 Å². The first-order valence-electron chi connectivity index (χ1n) is 4.07. The van der Waals surface area contributed by atoms with Crippen LogP contribution in [0, 0.1) is 0 Å². The summed E-state index contributed by atoms with van der Waals surface area (Å²) in [6, 6.07) is 0. The summed E-state index contributed by atoms with van der Waals surface area (Å²) in [4.78, 5) is 19.2. The largest absolute Gasteiger partial charge is 0.395 e. The molecule has 1 heterocycles. The number of nitrogens with two attached hydrogens (primary N) is 1. The Kier molecular flexibility index (Phi) is 4.06. The quantitative estimate of drug-likeness (QED) is 0.448. The molecule has 0 aliphatic heterocycles. The van der Waals surface area contributed by atoms with Gasteiger partial charge in [0.15, 0.2) is 10.8 Å². The van der Waals surface area contributed by atoms with Crippen molar-refractivity contribution in [2.24, 2.45) is 5.16 Å². The molecule has 0 aliphatic rings. The molecule has 0 saturated carbocycles. The van der Waals surface area contributed by atoms with Gasteiger partial charge in [-0.15, -0.1) is 11.3 Å². The first kappa shape index (κ1) is 10.6. The van der Waals surface area contributed by atoms with Gasteiger partial charge in [-0.1, -0.05) is 12.1 Å². The van der Waals surface area contributed by atoms with Crippen LogP contribution >= 0.6 is 11.3 Å². The number of anilines is 1. The molecule has 0 saturated heterocycles. The van der Waals surface area contributed by atoms with E-state index in [0.717, 1.165) is 6.42 Å². The summed E-state index contributed by atoms with van der Waals surface area (Å²) in [5.74, 6) is 0. The summed E-state index contributed by atoms with van der Waals surface area (Å²) >= 11 is 1.24. The molecule has 2 N–H and O–H groups in total. The van der Waals surface area contributed by atoms with Crippen LogP contribution in [0.2, 0.25) is 0 Å². The fourth-order valence-electron chi connectivity index (χ4n) is 0.716. The lowest BCUT2D eigenvalue weighted by atomic mass is 10.3. The van der Waals surface area contributed by atoms with Crippen LogP contribution in [-0.2, 0) is 9.63 Å². The first-order chi connectivity index (χ1) is 6.77. The lowest BCUT2D eigenvalue weighted by molar-refractivity contribution is 0.145. The second-order valence-corrected chi connectivity index (χ2v) is 3.34. The zero-order chi connectivity index (χ0) is 10.4. The van der Waals surface area contributed by atoms with Gasteiger partial charge in [0.05, 0.1) is 0 Å². The highest BCUT2D eigenvalue weighted by molar-refractivity contribution is 7.13. The number of hydrogen-bond donors (Lipinski definition) is 1. The molecule has 1 aromatic heterocycles. The molecule has 5 nitrogen and oxygen atoms in total. The molecule has 1 radical (unpaired) electrons. The van der Waals surface area contributed by atoms with Gasteiger partial charge in [0.2, 0.25) is 0 Å². The van der Waals surface area contributed by atoms with E-state index in [2.05, 4.69) is 10.1 Å². The van der Waals surface area contributed by atoms with Crippen molar-refractivity contribution in [1.29, 1.82) is 0 Å². The van der Waals surface area contributed by atoms with E-state index in [1.807, 2.05) is 6.92 Å². The zero-order valence-electron chi connectivity index (χ0n) is 7.69. The first-order valence-corrected chi connectivity index (χ1v) is 4.95. The topological polar surface area (TPSA) is 77.6 Å². The fourth-order valence-corrected chi connectivity index (χ4v) is 1.26. The van der Waals surface area contributed by atoms with Crippen molar-refractivity contribution in [1.82, 2.24) is 4.98 Å². The number of oxime groups is 1. The van der Waals surface area contributed by atoms with Crippen LogP contribution in [0.25, 0.3) is 0 Å². The number of thiazole rings is 1. The van der Waals surface area contributed by atoms with Crippen LogP contribution < -0.4 is 5.73 Å². The van der Waals surface area contributed by atoms with Crippen molar-refractivity contribution in [2.75, 3.05) is 12.3 Å². The van der Waals surface area contributed by atoms with Gasteiger partial charge in [-0.3, -0.25) is 4.79 Å². The van der Waals surface area contributed by atoms with Gasteiger partial charge in [-0.05, 0) is 6.42 Å². The smallest absolute Gasteiger partial charge is 0.259 e. The van der Waals surface area contributed by atoms with E-state index in [0.29, 0.717) is 17.4 Å². The molecule has 0 fully saturated rings. The molecule has 6 heteroatoms. The third kappa shape index (κ3) is 2.81. The highest BCUT2D eigenvalue weighted by Crippen LogP contribution is 2.11. The number of hydrogen-bond acceptors (Lipinski definition) is 6. The van der Waals surface area contributed by atoms with Gasteiger partial charge in [0, 0.05) is 5.38 Å². The van der Waals surface area contributed by atoms with E-state index in [-0.39, 0.29) is 5.71 Å². The van der Waals surface area contributed by atoms with E-state index < -0.39 is 0 Å². The minimum atomic E-state index is 0.0476. The van der Waals surface area contributed by atoms with E-state index in [1.165, 1.54) is 11.3 Å². The molecule has 0 aliphatic carbocycles. The predicted molar refractivity (Wildman–Crippen MR) is 55.0 cm³/mol. The molecule has 14 heavy (non-hydrogen) atoms. The van der Waals surface area contributed by atoms with Crippen LogP contribution in [0.5, 0.6) is 0 Å².